The zero-order valence-electron chi connectivity index (χ0n) is 15.2. The number of Topliss-reactive ketones (excluding diaryl/α,β-unsaturated/α-hetero) is 1. The van der Waals surface area contributed by atoms with Gasteiger partial charge in [-0.2, -0.15) is 0 Å². The standard InChI is InChI=1S/C19H17ClFN3O5/c1-2-24-8-11(14(18(24)22)19(27)28)16(26)12(21)7-13-15(20)17(29-23-13)9-3-5-10(25)6-4-9/h3-6,8,12,25H,2,7,22H2,1H3,(H,27,28). The van der Waals surface area contributed by atoms with Crippen LogP contribution in [0.15, 0.2) is 35.0 Å². The van der Waals surface area contributed by atoms with Gasteiger partial charge in [0.25, 0.3) is 0 Å². The minimum atomic E-state index is -2.10. The number of aromatic hydroxyl groups is 1. The van der Waals surface area contributed by atoms with E-state index in [-0.39, 0.29) is 33.6 Å². The number of carbonyl (C=O) groups is 2. The molecule has 8 nitrogen and oxygen atoms in total. The molecule has 0 aliphatic carbocycles. The Balaban J connectivity index is 1.86. The topological polar surface area (TPSA) is 132 Å². The van der Waals surface area contributed by atoms with Gasteiger partial charge in [-0.15, -0.1) is 0 Å². The number of nitrogen functional groups attached to an aromatic ring is 1. The van der Waals surface area contributed by atoms with E-state index in [4.69, 9.17) is 21.9 Å². The fourth-order valence-corrected chi connectivity index (χ4v) is 3.16. The van der Waals surface area contributed by atoms with Gasteiger partial charge in [0.15, 0.2) is 17.7 Å². The number of alkyl halides is 1. The van der Waals surface area contributed by atoms with E-state index >= 15 is 0 Å². The van der Waals surface area contributed by atoms with Crippen molar-refractivity contribution in [2.45, 2.75) is 26.1 Å². The van der Waals surface area contributed by atoms with Crippen molar-refractivity contribution < 1.29 is 28.7 Å². The molecule has 0 radical (unpaired) electrons. The number of carboxylic acids is 1. The summed E-state index contributed by atoms with van der Waals surface area (Å²) in [7, 11) is 0. The van der Waals surface area contributed by atoms with Gasteiger partial charge in [-0.25, -0.2) is 9.18 Å². The molecule has 0 aliphatic rings. The Kier molecular flexibility index (Phi) is 5.60. The first-order valence-corrected chi connectivity index (χ1v) is 8.96. The number of hydrogen-bond acceptors (Lipinski definition) is 6. The van der Waals surface area contributed by atoms with Crippen molar-refractivity contribution in [2.24, 2.45) is 0 Å². The third-order valence-electron chi connectivity index (χ3n) is 4.43. The smallest absolute Gasteiger partial charge is 0.340 e. The lowest BCUT2D eigenvalue weighted by molar-refractivity contribution is 0.0690. The summed E-state index contributed by atoms with van der Waals surface area (Å²) in [5.41, 5.74) is 5.52. The average Bonchev–Trinajstić information content (AvgIpc) is 3.22. The highest BCUT2D eigenvalue weighted by Crippen LogP contribution is 2.33. The molecule has 0 amide bonds. The van der Waals surface area contributed by atoms with Crippen LogP contribution in [-0.2, 0) is 13.0 Å². The lowest BCUT2D eigenvalue weighted by Crippen LogP contribution is -2.21. The summed E-state index contributed by atoms with van der Waals surface area (Å²) in [6, 6.07) is 5.93. The second-order valence-electron chi connectivity index (χ2n) is 6.25. The van der Waals surface area contributed by atoms with Crippen LogP contribution in [0, 0.1) is 0 Å². The number of phenols is 1. The van der Waals surface area contributed by atoms with Crippen molar-refractivity contribution in [1.82, 2.24) is 9.72 Å². The SMILES string of the molecule is CCn1cc(C(=O)C(F)Cc2noc(-c3ccc(O)cc3)c2Cl)c(C(=O)O)c1N. The number of aromatic nitrogens is 2. The molecular weight excluding hydrogens is 405 g/mol. The third kappa shape index (κ3) is 3.81. The number of nitrogens with two attached hydrogens (primary N) is 1. The first-order chi connectivity index (χ1) is 13.7. The number of ketones is 1. The van der Waals surface area contributed by atoms with Crippen LogP contribution in [-0.4, -0.2) is 37.9 Å². The van der Waals surface area contributed by atoms with E-state index < -0.39 is 29.9 Å². The number of hydrogen-bond donors (Lipinski definition) is 3. The second kappa shape index (κ2) is 7.96. The van der Waals surface area contributed by atoms with Crippen LogP contribution in [0.25, 0.3) is 11.3 Å². The summed E-state index contributed by atoms with van der Waals surface area (Å²) in [5.74, 6) is -2.36. The van der Waals surface area contributed by atoms with Crippen molar-refractivity contribution >= 4 is 29.2 Å². The van der Waals surface area contributed by atoms with Crippen LogP contribution in [0.2, 0.25) is 5.02 Å². The highest BCUT2D eigenvalue weighted by atomic mass is 35.5. The summed E-state index contributed by atoms with van der Waals surface area (Å²) in [4.78, 5) is 24.0. The molecule has 0 aliphatic heterocycles. The van der Waals surface area contributed by atoms with E-state index in [1.165, 1.54) is 22.9 Å². The molecule has 3 aromatic rings. The Morgan fingerprint density at radius 3 is 2.59 bits per heavy atom. The molecule has 0 spiro atoms. The van der Waals surface area contributed by atoms with Gasteiger partial charge in [-0.05, 0) is 31.2 Å². The zero-order valence-corrected chi connectivity index (χ0v) is 16.0. The number of carbonyl (C=O) groups excluding carboxylic acids is 1. The summed E-state index contributed by atoms with van der Waals surface area (Å²) < 4.78 is 21.2. The molecule has 4 N–H and O–H groups in total. The Bertz CT molecular complexity index is 1070. The third-order valence-corrected chi connectivity index (χ3v) is 4.82. The number of nitrogens with zero attached hydrogens (tertiary/aromatic N) is 2. The summed E-state index contributed by atoms with van der Waals surface area (Å²) in [6.45, 7) is 2.03. The number of carboxylic acid groups (broad SMARTS) is 1. The highest BCUT2D eigenvalue weighted by molar-refractivity contribution is 6.33. The largest absolute Gasteiger partial charge is 0.508 e. The Morgan fingerprint density at radius 2 is 2.00 bits per heavy atom. The maximum absolute atomic E-state index is 14.7. The molecule has 3 rings (SSSR count). The van der Waals surface area contributed by atoms with Gasteiger partial charge in [-0.3, -0.25) is 4.79 Å². The molecule has 2 heterocycles. The average molecular weight is 422 g/mol. The number of aromatic carboxylic acids is 1. The fraction of sp³-hybridized carbons (Fsp3) is 0.211. The Hall–Kier alpha value is -3.33. The van der Waals surface area contributed by atoms with Crippen LogP contribution in [0.4, 0.5) is 10.2 Å². The van der Waals surface area contributed by atoms with Crippen LogP contribution >= 0.6 is 11.6 Å². The van der Waals surface area contributed by atoms with Gasteiger partial charge in [0.1, 0.15) is 27.8 Å². The number of aryl methyl sites for hydroxylation is 1. The van der Waals surface area contributed by atoms with Gasteiger partial charge in [0, 0.05) is 24.7 Å². The predicted octanol–water partition coefficient (Wildman–Crippen LogP) is 3.57. The normalized spacial score (nSPS) is 12.1. The molecule has 29 heavy (non-hydrogen) atoms. The monoisotopic (exact) mass is 421 g/mol. The molecule has 0 saturated carbocycles. The zero-order chi connectivity index (χ0) is 21.3. The maximum atomic E-state index is 14.7. The van der Waals surface area contributed by atoms with Crippen LogP contribution in [0.3, 0.4) is 0 Å². The lowest BCUT2D eigenvalue weighted by atomic mass is 10.0. The molecule has 1 atom stereocenters. The molecule has 0 bridgehead atoms. The molecule has 0 saturated heterocycles. The van der Waals surface area contributed by atoms with Crippen molar-refractivity contribution in [3.8, 4) is 17.1 Å². The maximum Gasteiger partial charge on any atom is 0.340 e. The molecular formula is C19H17ClFN3O5. The second-order valence-corrected chi connectivity index (χ2v) is 6.63. The number of phenolic OH excluding ortho intramolecular Hbond substituents is 1. The van der Waals surface area contributed by atoms with Crippen molar-refractivity contribution in [1.29, 1.82) is 0 Å². The van der Waals surface area contributed by atoms with E-state index in [2.05, 4.69) is 5.16 Å². The molecule has 2 aromatic heterocycles. The van der Waals surface area contributed by atoms with Crippen molar-refractivity contribution in [3.05, 3.63) is 52.3 Å². The van der Waals surface area contributed by atoms with E-state index in [1.807, 2.05) is 0 Å². The molecule has 0 fully saturated rings. The van der Waals surface area contributed by atoms with Crippen molar-refractivity contribution in [3.63, 3.8) is 0 Å². The highest BCUT2D eigenvalue weighted by Gasteiger charge is 2.31. The van der Waals surface area contributed by atoms with Gasteiger partial charge >= 0.3 is 5.97 Å². The van der Waals surface area contributed by atoms with Crippen LogP contribution in [0.1, 0.15) is 33.3 Å². The molecule has 1 aromatic carbocycles. The van der Waals surface area contributed by atoms with E-state index in [1.54, 1.807) is 19.1 Å². The van der Waals surface area contributed by atoms with Gasteiger partial charge < -0.3 is 25.0 Å². The minimum Gasteiger partial charge on any atom is -0.508 e. The number of rotatable bonds is 7. The van der Waals surface area contributed by atoms with Crippen LogP contribution < -0.4 is 5.73 Å². The molecule has 1 unspecified atom stereocenters. The fourth-order valence-electron chi connectivity index (χ4n) is 2.91. The van der Waals surface area contributed by atoms with Gasteiger partial charge in [-0.1, -0.05) is 16.8 Å². The number of halogens is 2. The summed E-state index contributed by atoms with van der Waals surface area (Å²) in [6.07, 6.45) is -1.38. The van der Waals surface area contributed by atoms with Gasteiger partial charge in [0.05, 0.1) is 5.56 Å². The first-order valence-electron chi connectivity index (χ1n) is 8.58. The molecule has 10 heteroatoms. The quantitative estimate of drug-likeness (QED) is 0.497. The molecule has 152 valence electrons. The van der Waals surface area contributed by atoms with Gasteiger partial charge in [0.2, 0.25) is 0 Å². The Morgan fingerprint density at radius 1 is 1.34 bits per heavy atom. The van der Waals surface area contributed by atoms with Crippen molar-refractivity contribution in [2.75, 3.05) is 5.73 Å². The number of benzene rings is 1. The summed E-state index contributed by atoms with van der Waals surface area (Å²) >= 11 is 6.21. The summed E-state index contributed by atoms with van der Waals surface area (Å²) in [5, 5.41) is 22.4. The van der Waals surface area contributed by atoms with E-state index in [0.717, 1.165) is 0 Å². The minimum absolute atomic E-state index is 0.00960. The predicted molar refractivity (Wildman–Crippen MR) is 103 cm³/mol. The van der Waals surface area contributed by atoms with Crippen LogP contribution in [0.5, 0.6) is 5.75 Å². The lowest BCUT2D eigenvalue weighted by Gasteiger charge is -2.05. The van der Waals surface area contributed by atoms with E-state index in [0.29, 0.717) is 12.1 Å². The number of anilines is 1. The Labute approximate surface area is 169 Å². The first kappa shape index (κ1) is 20.4. The van der Waals surface area contributed by atoms with E-state index in [9.17, 15) is 24.2 Å².